The fourth-order valence-electron chi connectivity index (χ4n) is 2.93. The number of carbonyl (C=O) groups is 2. The van der Waals surface area contributed by atoms with Crippen molar-refractivity contribution in [2.45, 2.75) is 20.3 Å². The Morgan fingerprint density at radius 2 is 1.93 bits per heavy atom. The summed E-state index contributed by atoms with van der Waals surface area (Å²) in [6.07, 6.45) is 0.169. The Morgan fingerprint density at radius 1 is 1.17 bits per heavy atom. The molecule has 0 spiro atoms. The van der Waals surface area contributed by atoms with Gasteiger partial charge >= 0.3 is 0 Å². The zero-order chi connectivity index (χ0) is 21.5. The van der Waals surface area contributed by atoms with E-state index in [4.69, 9.17) is 4.74 Å². The highest BCUT2D eigenvalue weighted by atomic mass is 32.1. The number of thiazole rings is 1. The van der Waals surface area contributed by atoms with Gasteiger partial charge in [-0.05, 0) is 26.0 Å². The van der Waals surface area contributed by atoms with E-state index in [0.29, 0.717) is 23.7 Å². The number of nitrogens with zero attached hydrogens (tertiary/aromatic N) is 2. The third-order valence-corrected chi connectivity index (χ3v) is 5.55. The summed E-state index contributed by atoms with van der Waals surface area (Å²) in [4.78, 5) is 31.2. The highest BCUT2D eigenvalue weighted by Crippen LogP contribution is 2.24. The second-order valence-corrected chi connectivity index (χ2v) is 7.73. The van der Waals surface area contributed by atoms with Gasteiger partial charge < -0.3 is 15.0 Å². The van der Waals surface area contributed by atoms with Crippen molar-refractivity contribution in [3.63, 3.8) is 0 Å². The van der Waals surface area contributed by atoms with Crippen LogP contribution in [-0.2, 0) is 16.0 Å². The molecule has 1 N–H and O–H groups in total. The number of amides is 2. The minimum Gasteiger partial charge on any atom is -0.497 e. The van der Waals surface area contributed by atoms with E-state index in [2.05, 4.69) is 10.3 Å². The molecule has 3 rings (SSSR count). The first-order chi connectivity index (χ1) is 14.5. The van der Waals surface area contributed by atoms with Crippen molar-refractivity contribution >= 4 is 28.8 Å². The van der Waals surface area contributed by atoms with Crippen LogP contribution in [0.3, 0.4) is 0 Å². The first-order valence-corrected chi connectivity index (χ1v) is 10.6. The average molecular weight is 424 g/mol. The number of carbonyl (C=O) groups excluding carboxylic acids is 2. The lowest BCUT2D eigenvalue weighted by Gasteiger charge is -2.20. The molecule has 1 heterocycles. The van der Waals surface area contributed by atoms with Crippen LogP contribution in [0.1, 0.15) is 18.2 Å². The summed E-state index contributed by atoms with van der Waals surface area (Å²) >= 11 is 1.52. The molecule has 30 heavy (non-hydrogen) atoms. The molecule has 2 aromatic carbocycles. The summed E-state index contributed by atoms with van der Waals surface area (Å²) in [5.74, 6) is 0.278. The van der Waals surface area contributed by atoms with Crippen molar-refractivity contribution < 1.29 is 14.3 Å². The molecule has 0 saturated heterocycles. The maximum Gasteiger partial charge on any atom is 0.243 e. The third-order valence-electron chi connectivity index (χ3n) is 4.60. The normalized spacial score (nSPS) is 10.5. The van der Waals surface area contributed by atoms with Crippen molar-refractivity contribution in [3.05, 3.63) is 65.2 Å². The summed E-state index contributed by atoms with van der Waals surface area (Å²) in [6, 6.07) is 15.3. The van der Waals surface area contributed by atoms with Gasteiger partial charge in [0.25, 0.3) is 0 Å². The van der Waals surface area contributed by atoms with E-state index in [9.17, 15) is 9.59 Å². The highest BCUT2D eigenvalue weighted by Gasteiger charge is 2.18. The Morgan fingerprint density at radius 3 is 2.63 bits per heavy atom. The Hall–Kier alpha value is -3.19. The lowest BCUT2D eigenvalue weighted by atomic mass is 10.2. The van der Waals surface area contributed by atoms with E-state index < -0.39 is 0 Å². The van der Waals surface area contributed by atoms with Crippen LogP contribution in [0.25, 0.3) is 10.6 Å². The number of hydrogen-bond acceptors (Lipinski definition) is 5. The van der Waals surface area contributed by atoms with Crippen molar-refractivity contribution in [3.8, 4) is 16.3 Å². The van der Waals surface area contributed by atoms with Crippen LogP contribution in [0.15, 0.2) is 53.9 Å². The first-order valence-electron chi connectivity index (χ1n) is 9.71. The molecule has 0 atom stereocenters. The van der Waals surface area contributed by atoms with Crippen LogP contribution in [0.2, 0.25) is 0 Å². The van der Waals surface area contributed by atoms with Crippen LogP contribution in [0.5, 0.6) is 5.75 Å². The molecule has 156 valence electrons. The van der Waals surface area contributed by atoms with E-state index >= 15 is 0 Å². The number of nitrogens with one attached hydrogen (secondary N) is 1. The molecule has 0 unspecified atom stereocenters. The Labute approximate surface area is 180 Å². The molecular formula is C23H25N3O3S. The molecule has 0 aliphatic carbocycles. The van der Waals surface area contributed by atoms with Crippen molar-refractivity contribution in [2.24, 2.45) is 0 Å². The van der Waals surface area contributed by atoms with Crippen LogP contribution in [0.4, 0.5) is 5.69 Å². The molecule has 3 aromatic rings. The predicted molar refractivity (Wildman–Crippen MR) is 120 cm³/mol. The molecule has 0 bridgehead atoms. The number of anilines is 1. The second-order valence-electron chi connectivity index (χ2n) is 6.87. The second kappa shape index (κ2) is 10.0. The zero-order valence-electron chi connectivity index (χ0n) is 17.3. The van der Waals surface area contributed by atoms with E-state index in [-0.39, 0.29) is 24.8 Å². The van der Waals surface area contributed by atoms with Crippen molar-refractivity contribution in [2.75, 3.05) is 25.5 Å². The molecule has 0 aliphatic rings. The summed E-state index contributed by atoms with van der Waals surface area (Å²) in [5, 5.41) is 5.59. The standard InChI is InChI=1S/C23H25N3O3S/c1-4-26(14-21(27)24-18-6-5-7-20(12-18)29-3)22(28)13-19-15-30-23(25-19)17-10-8-16(2)9-11-17/h5-12,15H,4,13-14H2,1-3H3,(H,24,27). The van der Waals surface area contributed by atoms with E-state index in [1.54, 1.807) is 31.4 Å². The maximum atomic E-state index is 12.7. The molecule has 0 saturated carbocycles. The lowest BCUT2D eigenvalue weighted by Crippen LogP contribution is -2.38. The number of rotatable bonds is 8. The molecule has 0 aliphatic heterocycles. The van der Waals surface area contributed by atoms with Gasteiger partial charge in [-0.1, -0.05) is 35.9 Å². The first kappa shape index (κ1) is 21.5. The fraction of sp³-hybridized carbons (Fsp3) is 0.261. The molecule has 2 amide bonds. The van der Waals surface area contributed by atoms with Gasteiger partial charge in [-0.25, -0.2) is 4.98 Å². The molecule has 1 aromatic heterocycles. The summed E-state index contributed by atoms with van der Waals surface area (Å²) in [6.45, 7) is 4.33. The maximum absolute atomic E-state index is 12.7. The quantitative estimate of drug-likeness (QED) is 0.591. The lowest BCUT2D eigenvalue weighted by molar-refractivity contribution is -0.133. The molecule has 6 nitrogen and oxygen atoms in total. The highest BCUT2D eigenvalue weighted by molar-refractivity contribution is 7.13. The average Bonchev–Trinajstić information content (AvgIpc) is 3.21. The Balaban J connectivity index is 1.59. The molecule has 0 radical (unpaired) electrons. The van der Waals surface area contributed by atoms with Crippen molar-refractivity contribution in [1.29, 1.82) is 0 Å². The largest absolute Gasteiger partial charge is 0.497 e. The van der Waals surface area contributed by atoms with Gasteiger partial charge in [-0.15, -0.1) is 11.3 Å². The zero-order valence-corrected chi connectivity index (χ0v) is 18.2. The predicted octanol–water partition coefficient (Wildman–Crippen LogP) is 4.16. The minimum atomic E-state index is -0.253. The van der Waals surface area contributed by atoms with Gasteiger partial charge in [0.05, 0.1) is 25.8 Å². The van der Waals surface area contributed by atoms with Gasteiger partial charge in [0.15, 0.2) is 0 Å². The Kier molecular flexibility index (Phi) is 7.19. The van der Waals surface area contributed by atoms with Crippen LogP contribution in [-0.4, -0.2) is 41.9 Å². The third kappa shape index (κ3) is 5.67. The number of hydrogen-bond donors (Lipinski definition) is 1. The number of aromatic nitrogens is 1. The van der Waals surface area contributed by atoms with E-state index in [1.165, 1.54) is 21.8 Å². The monoisotopic (exact) mass is 423 g/mol. The molecule has 0 fully saturated rings. The van der Waals surface area contributed by atoms with E-state index in [1.807, 2.05) is 43.5 Å². The van der Waals surface area contributed by atoms with Gasteiger partial charge in [0, 0.05) is 29.2 Å². The summed E-state index contributed by atoms with van der Waals surface area (Å²) in [7, 11) is 1.57. The van der Waals surface area contributed by atoms with Crippen LogP contribution in [0, 0.1) is 6.92 Å². The van der Waals surface area contributed by atoms with E-state index in [0.717, 1.165) is 10.6 Å². The summed E-state index contributed by atoms with van der Waals surface area (Å²) in [5.41, 5.74) is 3.57. The van der Waals surface area contributed by atoms with Crippen LogP contribution >= 0.6 is 11.3 Å². The SMILES string of the molecule is CCN(CC(=O)Nc1cccc(OC)c1)C(=O)Cc1csc(-c2ccc(C)cc2)n1. The molecule has 7 heteroatoms. The van der Waals surface area contributed by atoms with Gasteiger partial charge in [-0.3, -0.25) is 9.59 Å². The molecular weight excluding hydrogens is 398 g/mol. The summed E-state index contributed by atoms with van der Waals surface area (Å²) < 4.78 is 5.16. The number of likely N-dealkylation sites (N-methyl/N-ethyl adjacent to an activating group) is 1. The van der Waals surface area contributed by atoms with Gasteiger partial charge in [0.2, 0.25) is 11.8 Å². The van der Waals surface area contributed by atoms with Crippen LogP contribution < -0.4 is 10.1 Å². The van der Waals surface area contributed by atoms with Gasteiger partial charge in [-0.2, -0.15) is 0 Å². The number of ether oxygens (including phenoxy) is 1. The van der Waals surface area contributed by atoms with Gasteiger partial charge in [0.1, 0.15) is 10.8 Å². The number of methoxy groups -OCH3 is 1. The smallest absolute Gasteiger partial charge is 0.243 e. The number of benzene rings is 2. The fourth-order valence-corrected chi connectivity index (χ4v) is 3.76. The van der Waals surface area contributed by atoms with Crippen molar-refractivity contribution in [1.82, 2.24) is 9.88 Å². The number of aryl methyl sites for hydroxylation is 1. The topological polar surface area (TPSA) is 71.5 Å². The Bertz CT molecular complexity index is 1010. The minimum absolute atomic E-state index is 0.0124.